The Kier molecular flexibility index (Phi) is 8.03. The van der Waals surface area contributed by atoms with Crippen LogP contribution in [0.1, 0.15) is 0 Å². The van der Waals surface area contributed by atoms with E-state index >= 15 is 0 Å². The Bertz CT molecular complexity index is 3550. The van der Waals surface area contributed by atoms with Crippen LogP contribution in [0, 0.1) is 0 Å². The summed E-state index contributed by atoms with van der Waals surface area (Å²) in [5.41, 5.74) is 14.7. The lowest BCUT2D eigenvalue weighted by molar-refractivity contribution is 0.670. The van der Waals surface area contributed by atoms with Gasteiger partial charge in [0.25, 0.3) is 0 Å². The molecule has 0 amide bonds. The molecular formula is C56H34N2OS. The maximum atomic E-state index is 6.64. The molecular weight excluding hydrogens is 749 g/mol. The molecule has 0 aliphatic heterocycles. The number of furan rings is 1. The van der Waals surface area contributed by atoms with E-state index in [1.165, 1.54) is 48.0 Å². The fraction of sp³-hybridized carbons (Fsp3) is 0. The molecule has 0 N–H and O–H groups in total. The normalized spacial score (nSPS) is 11.7. The molecule has 9 aromatic carbocycles. The van der Waals surface area contributed by atoms with Crippen molar-refractivity contribution in [2.24, 2.45) is 0 Å². The number of benzene rings is 9. The van der Waals surface area contributed by atoms with Gasteiger partial charge in [0.2, 0.25) is 0 Å². The van der Waals surface area contributed by atoms with Gasteiger partial charge >= 0.3 is 0 Å². The van der Waals surface area contributed by atoms with Crippen molar-refractivity contribution in [1.29, 1.82) is 0 Å². The third kappa shape index (κ3) is 5.80. The molecule has 280 valence electrons. The van der Waals surface area contributed by atoms with E-state index in [2.05, 4.69) is 194 Å². The largest absolute Gasteiger partial charge is 0.455 e. The summed E-state index contributed by atoms with van der Waals surface area (Å²) >= 11 is 1.80. The van der Waals surface area contributed by atoms with E-state index in [4.69, 9.17) is 14.4 Å². The standard InChI is InChI=1S/C56H34N2OS/c1-3-14-35(15-4-1)41-32-42(36-16-5-2-6-17-36)34-43(33-41)39-20-11-18-37(30-39)38-19-12-21-40(31-38)56-57-49-29-28-47-45-23-8-10-27-51(45)60-55(47)52(49)53(58-56)48-25-13-24-46-44-22-7-9-26-50(44)59-54(46)48/h1-34H. The number of aromatic nitrogens is 2. The third-order valence-corrected chi connectivity index (χ3v) is 12.9. The highest BCUT2D eigenvalue weighted by Crippen LogP contribution is 2.44. The minimum Gasteiger partial charge on any atom is -0.455 e. The number of nitrogens with zero attached hydrogens (tertiary/aromatic N) is 2. The lowest BCUT2D eigenvalue weighted by Gasteiger charge is -2.13. The van der Waals surface area contributed by atoms with Crippen molar-refractivity contribution < 1.29 is 4.42 Å². The molecule has 60 heavy (non-hydrogen) atoms. The Morgan fingerprint density at radius 2 is 0.900 bits per heavy atom. The Labute approximate surface area is 350 Å². The maximum Gasteiger partial charge on any atom is 0.160 e. The van der Waals surface area contributed by atoms with Crippen molar-refractivity contribution in [2.45, 2.75) is 0 Å². The average molecular weight is 783 g/mol. The van der Waals surface area contributed by atoms with Crippen LogP contribution in [-0.4, -0.2) is 9.97 Å². The molecule has 4 heteroatoms. The van der Waals surface area contributed by atoms with Gasteiger partial charge in [0.15, 0.2) is 5.82 Å². The highest BCUT2D eigenvalue weighted by atomic mass is 32.1. The zero-order valence-corrected chi connectivity index (χ0v) is 33.2. The first-order valence-corrected chi connectivity index (χ1v) is 21.0. The SMILES string of the molecule is c1ccc(-c2cc(-c3ccccc3)cc(-c3cccc(-c4cccc(-c5nc(-c6cccc7c6oc6ccccc67)c6c(ccc7c8ccccc8sc76)n5)c4)c3)c2)cc1. The van der Waals surface area contributed by atoms with Gasteiger partial charge in [0, 0.05) is 47.5 Å². The lowest BCUT2D eigenvalue weighted by Crippen LogP contribution is -1.96. The van der Waals surface area contributed by atoms with Crippen LogP contribution in [0.2, 0.25) is 0 Å². The van der Waals surface area contributed by atoms with Crippen molar-refractivity contribution in [3.63, 3.8) is 0 Å². The molecule has 3 aromatic heterocycles. The second-order valence-electron chi connectivity index (χ2n) is 15.3. The molecule has 0 saturated carbocycles. The first-order chi connectivity index (χ1) is 29.7. The van der Waals surface area contributed by atoms with Gasteiger partial charge in [-0.25, -0.2) is 9.97 Å². The van der Waals surface area contributed by atoms with Crippen LogP contribution in [-0.2, 0) is 0 Å². The third-order valence-electron chi connectivity index (χ3n) is 11.7. The summed E-state index contributed by atoms with van der Waals surface area (Å²) in [4.78, 5) is 10.8. The maximum absolute atomic E-state index is 6.64. The lowest BCUT2D eigenvalue weighted by atomic mass is 9.92. The van der Waals surface area contributed by atoms with E-state index in [1.807, 2.05) is 12.1 Å². The number of thiophene rings is 1. The summed E-state index contributed by atoms with van der Waals surface area (Å²) in [6.45, 7) is 0. The van der Waals surface area contributed by atoms with E-state index in [1.54, 1.807) is 11.3 Å². The predicted octanol–water partition coefficient (Wildman–Crippen LogP) is 15.9. The number of para-hydroxylation sites is 2. The Morgan fingerprint density at radius 1 is 0.367 bits per heavy atom. The fourth-order valence-corrected chi connectivity index (χ4v) is 10.0. The molecule has 0 aliphatic carbocycles. The van der Waals surface area contributed by atoms with Crippen molar-refractivity contribution >= 4 is 64.4 Å². The van der Waals surface area contributed by atoms with Gasteiger partial charge in [-0.2, -0.15) is 0 Å². The summed E-state index contributed by atoms with van der Waals surface area (Å²) in [5.74, 6) is 0.673. The van der Waals surface area contributed by atoms with Gasteiger partial charge in [-0.1, -0.05) is 152 Å². The highest BCUT2D eigenvalue weighted by molar-refractivity contribution is 7.26. The molecule has 3 heterocycles. The summed E-state index contributed by atoms with van der Waals surface area (Å²) < 4.78 is 9.06. The average Bonchev–Trinajstić information content (AvgIpc) is 3.91. The highest BCUT2D eigenvalue weighted by Gasteiger charge is 2.21. The summed E-state index contributed by atoms with van der Waals surface area (Å²) in [6.07, 6.45) is 0. The van der Waals surface area contributed by atoms with E-state index in [-0.39, 0.29) is 0 Å². The molecule has 12 rings (SSSR count). The van der Waals surface area contributed by atoms with E-state index < -0.39 is 0 Å². The fourth-order valence-electron chi connectivity index (χ4n) is 8.76. The van der Waals surface area contributed by atoms with E-state index in [9.17, 15) is 0 Å². The van der Waals surface area contributed by atoms with Crippen LogP contribution in [0.25, 0.3) is 120 Å². The number of hydrogen-bond donors (Lipinski definition) is 0. The van der Waals surface area contributed by atoms with Crippen molar-refractivity contribution in [1.82, 2.24) is 9.97 Å². The zero-order chi connectivity index (χ0) is 39.6. The molecule has 0 saturated heterocycles. The van der Waals surface area contributed by atoms with Gasteiger partial charge in [-0.15, -0.1) is 11.3 Å². The minimum absolute atomic E-state index is 0.673. The number of fused-ring (bicyclic) bond motifs is 8. The molecule has 0 spiro atoms. The Morgan fingerprint density at radius 3 is 1.63 bits per heavy atom. The van der Waals surface area contributed by atoms with Crippen LogP contribution in [0.4, 0.5) is 0 Å². The molecule has 12 aromatic rings. The molecule has 0 radical (unpaired) electrons. The van der Waals surface area contributed by atoms with E-state index in [0.717, 1.165) is 66.4 Å². The summed E-state index contributed by atoms with van der Waals surface area (Å²) in [5, 5.41) is 5.67. The Balaban J connectivity index is 1.02. The topological polar surface area (TPSA) is 38.9 Å². The molecule has 0 atom stereocenters. The molecule has 0 unspecified atom stereocenters. The minimum atomic E-state index is 0.673. The van der Waals surface area contributed by atoms with Gasteiger partial charge in [-0.05, 0) is 99.1 Å². The van der Waals surface area contributed by atoms with Crippen molar-refractivity contribution in [3.05, 3.63) is 206 Å². The zero-order valence-electron chi connectivity index (χ0n) is 32.3. The van der Waals surface area contributed by atoms with Gasteiger partial charge in [-0.3, -0.25) is 0 Å². The van der Waals surface area contributed by atoms with Gasteiger partial charge < -0.3 is 4.42 Å². The summed E-state index contributed by atoms with van der Waals surface area (Å²) in [7, 11) is 0. The summed E-state index contributed by atoms with van der Waals surface area (Å²) in [6, 6.07) is 73.3. The first kappa shape index (κ1) is 34.4. The molecule has 3 nitrogen and oxygen atoms in total. The number of rotatable bonds is 6. The van der Waals surface area contributed by atoms with Gasteiger partial charge in [0.1, 0.15) is 11.2 Å². The van der Waals surface area contributed by atoms with Crippen LogP contribution < -0.4 is 0 Å². The number of hydrogen-bond acceptors (Lipinski definition) is 4. The van der Waals surface area contributed by atoms with Crippen molar-refractivity contribution in [3.8, 4) is 67.2 Å². The second-order valence-corrected chi connectivity index (χ2v) is 16.4. The van der Waals surface area contributed by atoms with Gasteiger partial charge in [0.05, 0.1) is 11.2 Å². The molecule has 0 bridgehead atoms. The molecule has 0 aliphatic rings. The second kappa shape index (κ2) is 14.0. The smallest absolute Gasteiger partial charge is 0.160 e. The monoisotopic (exact) mass is 782 g/mol. The predicted molar refractivity (Wildman–Crippen MR) is 252 cm³/mol. The first-order valence-electron chi connectivity index (χ1n) is 20.2. The van der Waals surface area contributed by atoms with Crippen LogP contribution in [0.15, 0.2) is 211 Å². The van der Waals surface area contributed by atoms with E-state index in [0.29, 0.717) is 5.82 Å². The van der Waals surface area contributed by atoms with Crippen LogP contribution in [0.3, 0.4) is 0 Å². The van der Waals surface area contributed by atoms with Crippen LogP contribution in [0.5, 0.6) is 0 Å². The molecule has 0 fully saturated rings. The van der Waals surface area contributed by atoms with Crippen molar-refractivity contribution in [2.75, 3.05) is 0 Å². The van der Waals surface area contributed by atoms with Crippen LogP contribution >= 0.6 is 11.3 Å². The Hall–Kier alpha value is -7.66. The quantitative estimate of drug-likeness (QED) is 0.169.